The summed E-state index contributed by atoms with van der Waals surface area (Å²) in [6.07, 6.45) is 0. The molecule has 0 spiro atoms. The van der Waals surface area contributed by atoms with Crippen LogP contribution >= 0.6 is 0 Å². The quantitative estimate of drug-likeness (QED) is 0.582. The molecule has 0 aliphatic carbocycles. The molecular weight excluding hydrogens is 258 g/mol. The van der Waals surface area contributed by atoms with Crippen LogP contribution in [0.2, 0.25) is 0 Å². The maximum absolute atomic E-state index is 12.4. The molecule has 0 unspecified atom stereocenters. The molecule has 2 rings (SSSR count). The first kappa shape index (κ1) is 14.4. The van der Waals surface area contributed by atoms with Gasteiger partial charge in [0.15, 0.2) is 5.92 Å². The fourth-order valence-corrected chi connectivity index (χ4v) is 1.99. The molecule has 1 heterocycles. The first-order valence-corrected chi connectivity index (χ1v) is 6.52. The zero-order valence-corrected chi connectivity index (χ0v) is 12.2. The van der Waals surface area contributed by atoms with Crippen LogP contribution in [0.1, 0.15) is 20.8 Å². The number of hydrogen-bond acceptors (Lipinski definition) is 4. The lowest BCUT2D eigenvalue weighted by molar-refractivity contribution is -0.162. The Kier molecular flexibility index (Phi) is 3.70. The highest BCUT2D eigenvalue weighted by atomic mass is 16.6. The van der Waals surface area contributed by atoms with Crippen LogP contribution in [0.5, 0.6) is 5.75 Å². The van der Waals surface area contributed by atoms with Gasteiger partial charge in [-0.2, -0.15) is 0 Å². The lowest BCUT2D eigenvalue weighted by Crippen LogP contribution is -2.41. The van der Waals surface area contributed by atoms with Gasteiger partial charge in [0.25, 0.3) is 0 Å². The molecule has 1 aliphatic rings. The number of amides is 1. The maximum Gasteiger partial charge on any atom is 0.322 e. The van der Waals surface area contributed by atoms with Crippen molar-refractivity contribution < 1.29 is 19.1 Å². The first-order valence-electron chi connectivity index (χ1n) is 6.52. The zero-order chi connectivity index (χ0) is 14.9. The molecule has 20 heavy (non-hydrogen) atoms. The second-order valence-electron chi connectivity index (χ2n) is 5.76. The van der Waals surface area contributed by atoms with Gasteiger partial charge >= 0.3 is 5.97 Å². The molecule has 108 valence electrons. The number of carbonyl (C=O) groups is 2. The van der Waals surface area contributed by atoms with Crippen LogP contribution in [0.15, 0.2) is 24.3 Å². The predicted molar refractivity (Wildman–Crippen MR) is 74.7 cm³/mol. The highest BCUT2D eigenvalue weighted by Gasteiger charge is 2.37. The second kappa shape index (κ2) is 5.15. The Morgan fingerprint density at radius 1 is 1.35 bits per heavy atom. The van der Waals surface area contributed by atoms with E-state index in [-0.39, 0.29) is 12.5 Å². The lowest BCUT2D eigenvalue weighted by atomic mass is 10.1. The van der Waals surface area contributed by atoms with Crippen molar-refractivity contribution in [2.45, 2.75) is 26.4 Å². The van der Waals surface area contributed by atoms with Crippen molar-refractivity contribution in [2.24, 2.45) is 5.92 Å². The number of nitrogens with zero attached hydrogens (tertiary/aromatic N) is 1. The molecule has 0 bridgehead atoms. The van der Waals surface area contributed by atoms with E-state index in [1.807, 2.05) is 12.1 Å². The van der Waals surface area contributed by atoms with Gasteiger partial charge in [-0.3, -0.25) is 9.59 Å². The van der Waals surface area contributed by atoms with Crippen LogP contribution in [0.25, 0.3) is 0 Å². The number of hydrogen-bond donors (Lipinski definition) is 0. The standard InChI is InChI=1S/C15H19NO4/c1-15(2,3)20-14(18)10-9-19-12-8-6-5-7-11(12)16(4)13(10)17/h5-8,10H,9H2,1-4H3/t10-/m0/s1. The minimum atomic E-state index is -0.938. The van der Waals surface area contributed by atoms with Crippen LogP contribution in [0, 0.1) is 5.92 Å². The Labute approximate surface area is 118 Å². The average molecular weight is 277 g/mol. The summed E-state index contributed by atoms with van der Waals surface area (Å²) in [5.41, 5.74) is 0.0262. The van der Waals surface area contributed by atoms with E-state index >= 15 is 0 Å². The van der Waals surface area contributed by atoms with Crippen molar-refractivity contribution in [1.29, 1.82) is 0 Å². The fourth-order valence-electron chi connectivity index (χ4n) is 1.99. The summed E-state index contributed by atoms with van der Waals surface area (Å²) in [6.45, 7) is 5.30. The number of esters is 1. The number of anilines is 1. The minimum Gasteiger partial charge on any atom is -0.490 e. The second-order valence-corrected chi connectivity index (χ2v) is 5.76. The average Bonchev–Trinajstić information content (AvgIpc) is 2.47. The molecule has 1 aromatic carbocycles. The minimum absolute atomic E-state index is 0.00486. The van der Waals surface area contributed by atoms with E-state index in [9.17, 15) is 9.59 Å². The molecule has 1 aliphatic heterocycles. The van der Waals surface area contributed by atoms with Gasteiger partial charge in [-0.15, -0.1) is 0 Å². The van der Waals surface area contributed by atoms with Crippen LogP contribution in [0.3, 0.4) is 0 Å². The SMILES string of the molecule is CN1C(=O)[C@@H](C(=O)OC(C)(C)C)COc2ccccc21. The Hall–Kier alpha value is -2.04. The highest BCUT2D eigenvalue weighted by molar-refractivity contribution is 6.07. The molecule has 5 nitrogen and oxygen atoms in total. The Bertz CT molecular complexity index is 533. The molecule has 0 N–H and O–H groups in total. The summed E-state index contributed by atoms with van der Waals surface area (Å²) in [6, 6.07) is 7.20. The molecule has 1 aromatic rings. The third-order valence-corrected chi connectivity index (χ3v) is 2.95. The first-order chi connectivity index (χ1) is 9.29. The van der Waals surface area contributed by atoms with Gasteiger partial charge < -0.3 is 14.4 Å². The van der Waals surface area contributed by atoms with E-state index in [4.69, 9.17) is 9.47 Å². The Balaban J connectivity index is 2.24. The van der Waals surface area contributed by atoms with Gasteiger partial charge in [-0.05, 0) is 32.9 Å². The van der Waals surface area contributed by atoms with Gasteiger partial charge in [0.05, 0.1) is 5.69 Å². The fraction of sp³-hybridized carbons (Fsp3) is 0.467. The summed E-state index contributed by atoms with van der Waals surface area (Å²) >= 11 is 0. The summed E-state index contributed by atoms with van der Waals surface area (Å²) in [7, 11) is 1.63. The molecule has 0 fully saturated rings. The highest BCUT2D eigenvalue weighted by Crippen LogP contribution is 2.31. The predicted octanol–water partition coefficient (Wildman–Crippen LogP) is 2.00. The monoisotopic (exact) mass is 277 g/mol. The van der Waals surface area contributed by atoms with Crippen LogP contribution < -0.4 is 9.64 Å². The number of fused-ring (bicyclic) bond motifs is 1. The Morgan fingerprint density at radius 3 is 2.65 bits per heavy atom. The van der Waals surface area contributed by atoms with Gasteiger partial charge in [0.1, 0.15) is 18.0 Å². The maximum atomic E-state index is 12.4. The van der Waals surface area contributed by atoms with Gasteiger partial charge in [0, 0.05) is 7.05 Å². The Morgan fingerprint density at radius 2 is 2.00 bits per heavy atom. The summed E-state index contributed by atoms with van der Waals surface area (Å²) in [5, 5.41) is 0. The van der Waals surface area contributed by atoms with Gasteiger partial charge in [-0.1, -0.05) is 12.1 Å². The molecule has 1 amide bonds. The lowest BCUT2D eigenvalue weighted by Gasteiger charge is -2.24. The van der Waals surface area contributed by atoms with Crippen molar-refractivity contribution >= 4 is 17.6 Å². The molecule has 0 saturated carbocycles. The summed E-state index contributed by atoms with van der Waals surface area (Å²) in [5.74, 6) is -1.22. The topological polar surface area (TPSA) is 55.8 Å². The normalized spacial score (nSPS) is 18.9. The van der Waals surface area contributed by atoms with E-state index < -0.39 is 17.5 Å². The molecule has 0 saturated heterocycles. The van der Waals surface area contributed by atoms with E-state index in [0.717, 1.165) is 0 Å². The van der Waals surface area contributed by atoms with Gasteiger partial charge in [-0.25, -0.2) is 0 Å². The number of carbonyl (C=O) groups excluding carboxylic acids is 2. The molecule has 0 aromatic heterocycles. The molecule has 5 heteroatoms. The van der Waals surface area contributed by atoms with Crippen LogP contribution in [0.4, 0.5) is 5.69 Å². The van der Waals surface area contributed by atoms with Crippen molar-refractivity contribution in [3.8, 4) is 5.75 Å². The number of ether oxygens (including phenoxy) is 2. The summed E-state index contributed by atoms with van der Waals surface area (Å²) < 4.78 is 10.9. The third kappa shape index (κ3) is 2.92. The summed E-state index contributed by atoms with van der Waals surface area (Å²) in [4.78, 5) is 25.9. The number of rotatable bonds is 1. The smallest absolute Gasteiger partial charge is 0.322 e. The largest absolute Gasteiger partial charge is 0.490 e. The molecule has 0 radical (unpaired) electrons. The van der Waals surface area contributed by atoms with E-state index in [1.165, 1.54) is 4.90 Å². The molecule has 1 atom stereocenters. The van der Waals surface area contributed by atoms with Gasteiger partial charge in [0.2, 0.25) is 5.91 Å². The molecular formula is C15H19NO4. The zero-order valence-electron chi connectivity index (χ0n) is 12.2. The van der Waals surface area contributed by atoms with Crippen molar-refractivity contribution in [2.75, 3.05) is 18.6 Å². The number of para-hydroxylation sites is 2. The van der Waals surface area contributed by atoms with Crippen LogP contribution in [-0.4, -0.2) is 31.1 Å². The van der Waals surface area contributed by atoms with Crippen molar-refractivity contribution in [3.05, 3.63) is 24.3 Å². The van der Waals surface area contributed by atoms with E-state index in [2.05, 4.69) is 0 Å². The van der Waals surface area contributed by atoms with E-state index in [1.54, 1.807) is 40.0 Å². The number of benzene rings is 1. The van der Waals surface area contributed by atoms with Crippen LogP contribution in [-0.2, 0) is 14.3 Å². The van der Waals surface area contributed by atoms with Crippen molar-refractivity contribution in [3.63, 3.8) is 0 Å². The van der Waals surface area contributed by atoms with E-state index in [0.29, 0.717) is 11.4 Å². The third-order valence-electron chi connectivity index (χ3n) is 2.95. The van der Waals surface area contributed by atoms with Crippen molar-refractivity contribution in [1.82, 2.24) is 0 Å².